The van der Waals surface area contributed by atoms with Crippen LogP contribution in [0.4, 0.5) is 5.13 Å². The molecule has 0 aliphatic rings. The number of nitrogens with zero attached hydrogens (tertiary/aromatic N) is 4. The van der Waals surface area contributed by atoms with E-state index in [-0.39, 0.29) is 18.0 Å². The second-order valence-electron chi connectivity index (χ2n) is 5.90. The van der Waals surface area contributed by atoms with Crippen molar-refractivity contribution in [3.8, 4) is 0 Å². The summed E-state index contributed by atoms with van der Waals surface area (Å²) in [4.78, 5) is 35.6. The quantitative estimate of drug-likeness (QED) is 0.653. The molecule has 2 heterocycles. The number of amides is 1. The van der Waals surface area contributed by atoms with Gasteiger partial charge in [0.05, 0.1) is 0 Å². The fraction of sp³-hybridized carbons (Fsp3) is 0.333. The zero-order chi connectivity index (χ0) is 19.4. The molecule has 0 unspecified atom stereocenters. The second-order valence-corrected chi connectivity index (χ2v) is 7.32. The van der Waals surface area contributed by atoms with Crippen LogP contribution in [0.1, 0.15) is 19.4 Å². The summed E-state index contributed by atoms with van der Waals surface area (Å²) in [6.07, 6.45) is 1.37. The predicted octanol–water partition coefficient (Wildman–Crippen LogP) is 2.67. The van der Waals surface area contributed by atoms with Gasteiger partial charge in [0.15, 0.2) is 10.8 Å². The second kappa shape index (κ2) is 8.49. The highest BCUT2D eigenvalue weighted by atomic mass is 35.5. The van der Waals surface area contributed by atoms with Gasteiger partial charge in [0.2, 0.25) is 5.91 Å². The number of benzene rings is 1. The number of fused-ring (bicyclic) bond motifs is 1. The number of carbonyl (C=O) groups excluding carboxylic acids is 1. The predicted molar refractivity (Wildman–Crippen MR) is 109 cm³/mol. The molecule has 27 heavy (non-hydrogen) atoms. The Balaban J connectivity index is 1.72. The molecular weight excluding hydrogens is 386 g/mol. The van der Waals surface area contributed by atoms with Crippen LogP contribution in [0.2, 0.25) is 5.02 Å². The Morgan fingerprint density at radius 3 is 2.63 bits per heavy atom. The van der Waals surface area contributed by atoms with Crippen LogP contribution in [-0.2, 0) is 17.9 Å². The molecule has 7 nitrogen and oxygen atoms in total. The van der Waals surface area contributed by atoms with E-state index in [1.54, 1.807) is 12.1 Å². The number of hydrogen-bond donors (Lipinski definition) is 1. The van der Waals surface area contributed by atoms with E-state index in [4.69, 9.17) is 11.6 Å². The SMILES string of the molecule is CCN(CC)c1nc2ncn(CC(=O)NCc3ccc(Cl)cc3)c(=O)c2s1. The standard InChI is InChI=1S/C18H20ClN5O2S/c1-3-23(4-2)18-22-16-15(27-18)17(26)24(11-21-16)10-14(25)20-9-12-5-7-13(19)8-6-12/h5-8,11H,3-4,9-10H2,1-2H3,(H,20,25). The number of aromatic nitrogens is 3. The van der Waals surface area contributed by atoms with Gasteiger partial charge in [0.1, 0.15) is 17.6 Å². The first-order valence-electron chi connectivity index (χ1n) is 8.63. The van der Waals surface area contributed by atoms with Crippen LogP contribution in [0.15, 0.2) is 35.4 Å². The normalized spacial score (nSPS) is 10.9. The fourth-order valence-electron chi connectivity index (χ4n) is 2.59. The van der Waals surface area contributed by atoms with Crippen molar-refractivity contribution in [1.82, 2.24) is 19.9 Å². The lowest BCUT2D eigenvalue weighted by atomic mass is 10.2. The van der Waals surface area contributed by atoms with Crippen LogP contribution in [-0.4, -0.2) is 33.5 Å². The van der Waals surface area contributed by atoms with Gasteiger partial charge < -0.3 is 10.2 Å². The number of thiazole rings is 1. The van der Waals surface area contributed by atoms with Crippen LogP contribution in [0.25, 0.3) is 10.3 Å². The fourth-order valence-corrected chi connectivity index (χ4v) is 3.81. The van der Waals surface area contributed by atoms with Gasteiger partial charge >= 0.3 is 0 Å². The topological polar surface area (TPSA) is 80.1 Å². The van der Waals surface area contributed by atoms with Gasteiger partial charge in [-0.15, -0.1) is 0 Å². The lowest BCUT2D eigenvalue weighted by Gasteiger charge is -2.15. The Labute approximate surface area is 165 Å². The molecule has 1 aromatic carbocycles. The number of rotatable bonds is 7. The molecule has 1 amide bonds. The molecule has 0 fully saturated rings. The molecule has 3 aromatic rings. The van der Waals surface area contributed by atoms with Gasteiger partial charge in [-0.3, -0.25) is 14.2 Å². The van der Waals surface area contributed by atoms with E-state index in [1.165, 1.54) is 22.2 Å². The Bertz CT molecular complexity index is 995. The first-order valence-corrected chi connectivity index (χ1v) is 9.83. The molecule has 0 radical (unpaired) electrons. The highest BCUT2D eigenvalue weighted by Crippen LogP contribution is 2.24. The number of nitrogens with one attached hydrogen (secondary N) is 1. The van der Waals surface area contributed by atoms with Crippen molar-refractivity contribution in [3.05, 3.63) is 51.5 Å². The zero-order valence-electron chi connectivity index (χ0n) is 15.1. The Morgan fingerprint density at radius 1 is 1.26 bits per heavy atom. The first kappa shape index (κ1) is 19.3. The van der Waals surface area contributed by atoms with Crippen LogP contribution in [0.3, 0.4) is 0 Å². The third-order valence-electron chi connectivity index (χ3n) is 4.12. The van der Waals surface area contributed by atoms with Crippen molar-refractivity contribution in [1.29, 1.82) is 0 Å². The summed E-state index contributed by atoms with van der Waals surface area (Å²) < 4.78 is 1.77. The van der Waals surface area contributed by atoms with Crippen molar-refractivity contribution < 1.29 is 4.79 Å². The van der Waals surface area contributed by atoms with Gasteiger partial charge in [0, 0.05) is 24.7 Å². The van der Waals surface area contributed by atoms with E-state index in [1.807, 2.05) is 26.0 Å². The van der Waals surface area contributed by atoms with E-state index in [0.717, 1.165) is 23.8 Å². The Morgan fingerprint density at radius 2 is 1.96 bits per heavy atom. The maximum atomic E-state index is 12.7. The summed E-state index contributed by atoms with van der Waals surface area (Å²) >= 11 is 7.16. The maximum Gasteiger partial charge on any atom is 0.273 e. The molecule has 0 aliphatic heterocycles. The number of anilines is 1. The molecule has 3 rings (SSSR count). The lowest BCUT2D eigenvalue weighted by Crippen LogP contribution is -2.31. The number of hydrogen-bond acceptors (Lipinski definition) is 6. The van der Waals surface area contributed by atoms with Gasteiger partial charge in [-0.25, -0.2) is 4.98 Å². The summed E-state index contributed by atoms with van der Waals surface area (Å²) in [7, 11) is 0. The molecule has 142 valence electrons. The highest BCUT2D eigenvalue weighted by molar-refractivity contribution is 7.22. The van der Waals surface area contributed by atoms with Crippen molar-refractivity contribution in [2.75, 3.05) is 18.0 Å². The van der Waals surface area contributed by atoms with Gasteiger partial charge in [0.25, 0.3) is 5.56 Å². The summed E-state index contributed by atoms with van der Waals surface area (Å²) in [5.74, 6) is -0.262. The van der Waals surface area contributed by atoms with Crippen LogP contribution >= 0.6 is 22.9 Å². The highest BCUT2D eigenvalue weighted by Gasteiger charge is 2.15. The molecule has 0 saturated carbocycles. The number of carbonyl (C=O) groups is 1. The minimum absolute atomic E-state index is 0.0894. The molecule has 2 aromatic heterocycles. The lowest BCUT2D eigenvalue weighted by molar-refractivity contribution is -0.121. The molecule has 0 atom stereocenters. The Kier molecular flexibility index (Phi) is 6.08. The van der Waals surface area contributed by atoms with E-state index in [9.17, 15) is 9.59 Å². The summed E-state index contributed by atoms with van der Waals surface area (Å²) in [5, 5.41) is 4.21. The monoisotopic (exact) mass is 405 g/mol. The molecule has 0 bridgehead atoms. The first-order chi connectivity index (χ1) is 13.0. The molecule has 1 N–H and O–H groups in total. The molecular formula is C18H20ClN5O2S. The van der Waals surface area contributed by atoms with Crippen molar-refractivity contribution in [3.63, 3.8) is 0 Å². The minimum Gasteiger partial charge on any atom is -0.350 e. The van der Waals surface area contributed by atoms with Crippen LogP contribution in [0.5, 0.6) is 0 Å². The zero-order valence-corrected chi connectivity index (χ0v) is 16.7. The smallest absolute Gasteiger partial charge is 0.273 e. The van der Waals surface area contributed by atoms with E-state index in [0.29, 0.717) is 21.9 Å². The molecule has 9 heteroatoms. The average molecular weight is 406 g/mol. The van der Waals surface area contributed by atoms with Gasteiger partial charge in [-0.1, -0.05) is 35.1 Å². The summed E-state index contributed by atoms with van der Waals surface area (Å²) in [6.45, 7) is 5.95. The van der Waals surface area contributed by atoms with Gasteiger partial charge in [-0.05, 0) is 31.5 Å². The third-order valence-corrected chi connectivity index (χ3v) is 5.47. The third kappa shape index (κ3) is 4.45. The molecule has 0 saturated heterocycles. The number of halogens is 1. The minimum atomic E-state index is -0.262. The van der Waals surface area contributed by atoms with Crippen molar-refractivity contribution in [2.24, 2.45) is 0 Å². The largest absolute Gasteiger partial charge is 0.350 e. The molecule has 0 spiro atoms. The van der Waals surface area contributed by atoms with E-state index < -0.39 is 0 Å². The van der Waals surface area contributed by atoms with Crippen molar-refractivity contribution >= 4 is 44.3 Å². The van der Waals surface area contributed by atoms with E-state index in [2.05, 4.69) is 20.2 Å². The van der Waals surface area contributed by atoms with Crippen LogP contribution < -0.4 is 15.8 Å². The average Bonchev–Trinajstić information content (AvgIpc) is 3.09. The molecule has 0 aliphatic carbocycles. The van der Waals surface area contributed by atoms with E-state index >= 15 is 0 Å². The maximum absolute atomic E-state index is 12.7. The summed E-state index contributed by atoms with van der Waals surface area (Å²) in [6, 6.07) is 7.22. The van der Waals surface area contributed by atoms with Crippen LogP contribution in [0, 0.1) is 0 Å². The van der Waals surface area contributed by atoms with Crippen molar-refractivity contribution in [2.45, 2.75) is 26.9 Å². The summed E-state index contributed by atoms with van der Waals surface area (Å²) in [5.41, 5.74) is 1.10. The van der Waals surface area contributed by atoms with Gasteiger partial charge in [-0.2, -0.15) is 4.98 Å². The Hall–Kier alpha value is -2.45.